The molecule has 1 aliphatic rings. The van der Waals surface area contributed by atoms with E-state index < -0.39 is 33.6 Å². The fraction of sp³-hybridized carbons (Fsp3) is 0.273. The average Bonchev–Trinajstić information content (AvgIpc) is 2.78. The number of nitrogens with one attached hydrogen (secondary N) is 2. The number of rotatable bonds is 6. The van der Waals surface area contributed by atoms with E-state index in [9.17, 15) is 31.2 Å². The van der Waals surface area contributed by atoms with Crippen molar-refractivity contribution in [1.29, 1.82) is 0 Å². The van der Waals surface area contributed by atoms with Gasteiger partial charge in [-0.05, 0) is 42.0 Å². The highest BCUT2D eigenvalue weighted by atomic mass is 32.2. The lowest BCUT2D eigenvalue weighted by Crippen LogP contribution is -2.40. The van der Waals surface area contributed by atoms with Gasteiger partial charge in [0.15, 0.2) is 0 Å². The number of amides is 2. The molecule has 0 spiro atoms. The Hall–Kier alpha value is -3.22. The van der Waals surface area contributed by atoms with Gasteiger partial charge >= 0.3 is 6.18 Å². The predicted molar refractivity (Wildman–Crippen MR) is 119 cm³/mol. The molecule has 0 aliphatic carbocycles. The Morgan fingerprint density at radius 1 is 1.00 bits per heavy atom. The maximum Gasteiger partial charge on any atom is 0.416 e. The van der Waals surface area contributed by atoms with E-state index in [-0.39, 0.29) is 29.4 Å². The zero-order valence-corrected chi connectivity index (χ0v) is 18.9. The van der Waals surface area contributed by atoms with Gasteiger partial charge in [-0.2, -0.15) is 17.5 Å². The second kappa shape index (κ2) is 10.4. The van der Waals surface area contributed by atoms with Crippen molar-refractivity contribution in [2.24, 2.45) is 0 Å². The Bertz CT molecular complexity index is 1190. The molecule has 0 bridgehead atoms. The first kappa shape index (κ1) is 25.4. The Labute approximate surface area is 194 Å². The third-order valence-electron chi connectivity index (χ3n) is 4.83. The molecule has 0 atom stereocenters. The fourth-order valence-electron chi connectivity index (χ4n) is 3.16. The standard InChI is InChI=1S/C22H22F3N3O5S/c1-15(29)26-19-8-5-17(22(23,24)25)14-20(19)27-21(30)9-4-16-2-6-18(7-3-16)34(31,32)28-10-12-33-13-11-28/h2-9,14H,10-13H2,1H3,(H,26,29)(H,27,30)/b9-4+. The molecule has 34 heavy (non-hydrogen) atoms. The number of halogens is 3. The van der Waals surface area contributed by atoms with Gasteiger partial charge in [0.05, 0.1) is 35.0 Å². The van der Waals surface area contributed by atoms with Crippen molar-refractivity contribution in [1.82, 2.24) is 4.31 Å². The lowest BCUT2D eigenvalue weighted by atomic mass is 10.1. The smallest absolute Gasteiger partial charge is 0.379 e. The minimum atomic E-state index is -4.63. The molecule has 3 rings (SSSR count). The summed E-state index contributed by atoms with van der Waals surface area (Å²) < 4.78 is 70.9. The molecule has 2 amide bonds. The van der Waals surface area contributed by atoms with Crippen LogP contribution < -0.4 is 10.6 Å². The van der Waals surface area contributed by atoms with Gasteiger partial charge in [-0.1, -0.05) is 12.1 Å². The van der Waals surface area contributed by atoms with Crippen LogP contribution >= 0.6 is 0 Å². The highest BCUT2D eigenvalue weighted by Crippen LogP contribution is 2.34. The quantitative estimate of drug-likeness (QED) is 0.596. The molecule has 182 valence electrons. The van der Waals surface area contributed by atoms with Crippen LogP contribution in [0.1, 0.15) is 18.1 Å². The summed E-state index contributed by atoms with van der Waals surface area (Å²) in [7, 11) is -3.66. The lowest BCUT2D eigenvalue weighted by molar-refractivity contribution is -0.137. The molecule has 8 nitrogen and oxygen atoms in total. The van der Waals surface area contributed by atoms with Crippen LogP contribution in [0, 0.1) is 0 Å². The normalized spacial score (nSPS) is 15.3. The van der Waals surface area contributed by atoms with Crippen LogP contribution in [0.5, 0.6) is 0 Å². The maximum atomic E-state index is 13.0. The van der Waals surface area contributed by atoms with Gasteiger partial charge < -0.3 is 15.4 Å². The molecule has 0 saturated carbocycles. The second-order valence-electron chi connectivity index (χ2n) is 7.35. The van der Waals surface area contributed by atoms with Crippen LogP contribution in [-0.2, 0) is 30.5 Å². The molecular weight excluding hydrogens is 475 g/mol. The third-order valence-corrected chi connectivity index (χ3v) is 6.74. The summed E-state index contributed by atoms with van der Waals surface area (Å²) >= 11 is 0. The molecule has 2 aromatic carbocycles. The highest BCUT2D eigenvalue weighted by molar-refractivity contribution is 7.89. The monoisotopic (exact) mass is 497 g/mol. The molecular formula is C22H22F3N3O5S. The highest BCUT2D eigenvalue weighted by Gasteiger charge is 2.31. The van der Waals surface area contributed by atoms with Crippen LogP contribution in [-0.4, -0.2) is 50.8 Å². The number of hydrogen-bond acceptors (Lipinski definition) is 5. The average molecular weight is 497 g/mol. The van der Waals surface area contributed by atoms with Crippen molar-refractivity contribution >= 4 is 39.3 Å². The summed E-state index contributed by atoms with van der Waals surface area (Å²) in [5.41, 5.74) is -0.688. The zero-order chi connectivity index (χ0) is 24.9. The Kier molecular flexibility index (Phi) is 7.75. The van der Waals surface area contributed by atoms with E-state index in [0.29, 0.717) is 18.8 Å². The molecule has 1 fully saturated rings. The largest absolute Gasteiger partial charge is 0.416 e. The number of alkyl halides is 3. The van der Waals surface area contributed by atoms with Crippen LogP contribution in [0.2, 0.25) is 0 Å². The number of carbonyl (C=O) groups is 2. The van der Waals surface area contributed by atoms with Gasteiger partial charge in [0, 0.05) is 26.1 Å². The Balaban J connectivity index is 1.73. The van der Waals surface area contributed by atoms with Crippen LogP contribution in [0.4, 0.5) is 24.5 Å². The first-order valence-corrected chi connectivity index (χ1v) is 11.6. The van der Waals surface area contributed by atoms with E-state index in [2.05, 4.69) is 10.6 Å². The fourth-order valence-corrected chi connectivity index (χ4v) is 4.56. The topological polar surface area (TPSA) is 105 Å². The molecule has 0 aromatic heterocycles. The number of anilines is 2. The van der Waals surface area contributed by atoms with Crippen LogP contribution in [0.25, 0.3) is 6.08 Å². The molecule has 12 heteroatoms. The number of benzene rings is 2. The molecule has 2 N–H and O–H groups in total. The predicted octanol–water partition coefficient (Wildman–Crippen LogP) is 3.34. The number of ether oxygens (including phenoxy) is 1. The summed E-state index contributed by atoms with van der Waals surface area (Å²) in [5.74, 6) is -1.26. The van der Waals surface area contributed by atoms with Gasteiger partial charge in [0.1, 0.15) is 0 Å². The van der Waals surface area contributed by atoms with Gasteiger partial charge in [-0.3, -0.25) is 9.59 Å². The summed E-state index contributed by atoms with van der Waals surface area (Å²) in [6, 6.07) is 8.39. The van der Waals surface area contributed by atoms with Crippen molar-refractivity contribution < 1.29 is 35.9 Å². The Morgan fingerprint density at radius 2 is 1.65 bits per heavy atom. The van der Waals surface area contributed by atoms with E-state index >= 15 is 0 Å². The van der Waals surface area contributed by atoms with Crippen LogP contribution in [0.3, 0.4) is 0 Å². The summed E-state index contributed by atoms with van der Waals surface area (Å²) in [6.45, 7) is 2.36. The second-order valence-corrected chi connectivity index (χ2v) is 9.29. The molecule has 2 aromatic rings. The Morgan fingerprint density at radius 3 is 2.24 bits per heavy atom. The van der Waals surface area contributed by atoms with E-state index in [1.54, 1.807) is 0 Å². The number of morpholine rings is 1. The number of nitrogens with zero attached hydrogens (tertiary/aromatic N) is 1. The number of sulfonamides is 1. The SMILES string of the molecule is CC(=O)Nc1ccc(C(F)(F)F)cc1NC(=O)/C=C/c1ccc(S(=O)(=O)N2CCOCC2)cc1. The molecule has 0 radical (unpaired) electrons. The molecule has 1 aliphatic heterocycles. The van der Waals surface area contributed by atoms with Crippen molar-refractivity contribution in [2.75, 3.05) is 36.9 Å². The van der Waals surface area contributed by atoms with Gasteiger partial charge in [-0.25, -0.2) is 8.42 Å². The van der Waals surface area contributed by atoms with E-state index in [1.165, 1.54) is 41.6 Å². The van der Waals surface area contributed by atoms with Gasteiger partial charge in [0.2, 0.25) is 21.8 Å². The van der Waals surface area contributed by atoms with Crippen molar-refractivity contribution in [3.05, 3.63) is 59.7 Å². The number of carbonyl (C=O) groups excluding carboxylic acids is 2. The number of hydrogen-bond donors (Lipinski definition) is 2. The summed E-state index contributed by atoms with van der Waals surface area (Å²) in [6.07, 6.45) is -2.16. The molecule has 0 unspecified atom stereocenters. The van der Waals surface area contributed by atoms with Gasteiger partial charge in [-0.15, -0.1) is 0 Å². The van der Waals surface area contributed by atoms with Crippen molar-refractivity contribution in [3.8, 4) is 0 Å². The minimum absolute atomic E-state index is 0.0138. The van der Waals surface area contributed by atoms with Crippen molar-refractivity contribution in [2.45, 2.75) is 18.0 Å². The summed E-state index contributed by atoms with van der Waals surface area (Å²) in [4.78, 5) is 23.7. The van der Waals surface area contributed by atoms with Crippen molar-refractivity contribution in [3.63, 3.8) is 0 Å². The maximum absolute atomic E-state index is 13.0. The molecule has 1 heterocycles. The summed E-state index contributed by atoms with van der Waals surface area (Å²) in [5, 5.41) is 4.69. The lowest BCUT2D eigenvalue weighted by Gasteiger charge is -2.26. The van der Waals surface area contributed by atoms with Gasteiger partial charge in [0.25, 0.3) is 0 Å². The first-order chi connectivity index (χ1) is 16.0. The third kappa shape index (κ3) is 6.43. The molecule has 1 saturated heterocycles. The van der Waals surface area contributed by atoms with E-state index in [4.69, 9.17) is 4.74 Å². The zero-order valence-electron chi connectivity index (χ0n) is 18.1. The first-order valence-electron chi connectivity index (χ1n) is 10.1. The van der Waals surface area contributed by atoms with E-state index in [1.807, 2.05) is 0 Å². The van der Waals surface area contributed by atoms with Crippen LogP contribution in [0.15, 0.2) is 53.4 Å². The van der Waals surface area contributed by atoms with E-state index in [0.717, 1.165) is 24.3 Å². The minimum Gasteiger partial charge on any atom is -0.379 e.